The normalized spacial score (nSPS) is 12.8. The predicted molar refractivity (Wildman–Crippen MR) is 51.5 cm³/mol. The Labute approximate surface area is 77.4 Å². The molecule has 0 fully saturated rings. The molecule has 0 radical (unpaired) electrons. The fraction of sp³-hybridized carbons (Fsp3) is 0.556. The largest absolute Gasteiger partial charge is 0.347 e. The third-order valence-corrected chi connectivity index (χ3v) is 1.89. The highest BCUT2D eigenvalue weighted by atomic mass is 16.1. The van der Waals surface area contributed by atoms with Gasteiger partial charge in [0, 0.05) is 18.9 Å². The van der Waals surface area contributed by atoms with Crippen LogP contribution in [0.25, 0.3) is 0 Å². The molecular weight excluding hydrogens is 166 g/mol. The lowest BCUT2D eigenvalue weighted by Crippen LogP contribution is -2.27. The molecule has 1 aromatic rings. The van der Waals surface area contributed by atoms with Gasteiger partial charge in [-0.15, -0.1) is 0 Å². The van der Waals surface area contributed by atoms with Gasteiger partial charge in [0.25, 0.3) is 0 Å². The van der Waals surface area contributed by atoms with Crippen LogP contribution in [-0.2, 0) is 6.54 Å². The molecule has 2 N–H and O–H groups in total. The molecule has 0 aromatic carbocycles. The molecule has 4 nitrogen and oxygen atoms in total. The quantitative estimate of drug-likeness (QED) is 0.722. The van der Waals surface area contributed by atoms with E-state index >= 15 is 0 Å². The van der Waals surface area contributed by atoms with Crippen LogP contribution < -0.4 is 11.4 Å². The van der Waals surface area contributed by atoms with Crippen molar-refractivity contribution in [3.63, 3.8) is 0 Å². The Bertz CT molecular complexity index is 332. The second-order valence-corrected chi connectivity index (χ2v) is 3.41. The first-order chi connectivity index (χ1) is 6.13. The molecule has 1 atom stereocenters. The van der Waals surface area contributed by atoms with E-state index in [9.17, 15) is 4.79 Å². The van der Waals surface area contributed by atoms with Gasteiger partial charge < -0.3 is 5.73 Å². The Hall–Kier alpha value is -1.16. The maximum Gasteiger partial charge on any atom is 0.347 e. The molecule has 0 saturated carbocycles. The summed E-state index contributed by atoms with van der Waals surface area (Å²) < 4.78 is 1.60. The maximum atomic E-state index is 11.2. The number of hydrogen-bond donors (Lipinski definition) is 1. The lowest BCUT2D eigenvalue weighted by molar-refractivity contribution is 0.474. The van der Waals surface area contributed by atoms with Gasteiger partial charge in [-0.25, -0.2) is 9.78 Å². The molecule has 0 saturated heterocycles. The minimum absolute atomic E-state index is 0.203. The van der Waals surface area contributed by atoms with Crippen molar-refractivity contribution in [1.82, 2.24) is 9.55 Å². The molecule has 1 rings (SSSR count). The van der Waals surface area contributed by atoms with Crippen molar-refractivity contribution in [2.45, 2.75) is 20.4 Å². The highest BCUT2D eigenvalue weighted by Gasteiger charge is 2.02. The van der Waals surface area contributed by atoms with E-state index in [2.05, 4.69) is 4.98 Å². The van der Waals surface area contributed by atoms with E-state index < -0.39 is 0 Å². The monoisotopic (exact) mass is 181 g/mol. The molecule has 1 unspecified atom stereocenters. The van der Waals surface area contributed by atoms with Crippen molar-refractivity contribution in [3.05, 3.63) is 28.4 Å². The Balaban J connectivity index is 2.87. The summed E-state index contributed by atoms with van der Waals surface area (Å²) in [5, 5.41) is 0. The molecule has 13 heavy (non-hydrogen) atoms. The summed E-state index contributed by atoms with van der Waals surface area (Å²) in [6, 6.07) is 0. The fourth-order valence-electron chi connectivity index (χ4n) is 1.11. The fourth-order valence-corrected chi connectivity index (χ4v) is 1.11. The first-order valence-electron chi connectivity index (χ1n) is 4.36. The van der Waals surface area contributed by atoms with Crippen molar-refractivity contribution in [2.75, 3.05) is 6.54 Å². The molecule has 0 aliphatic rings. The van der Waals surface area contributed by atoms with Gasteiger partial charge in [-0.2, -0.15) is 0 Å². The van der Waals surface area contributed by atoms with E-state index in [1.807, 2.05) is 20.0 Å². The van der Waals surface area contributed by atoms with Gasteiger partial charge in [-0.1, -0.05) is 6.92 Å². The molecule has 0 spiro atoms. The smallest absolute Gasteiger partial charge is 0.330 e. The maximum absolute atomic E-state index is 11.2. The Morgan fingerprint density at radius 3 is 3.00 bits per heavy atom. The van der Waals surface area contributed by atoms with E-state index in [4.69, 9.17) is 5.73 Å². The van der Waals surface area contributed by atoms with E-state index in [1.54, 1.807) is 10.8 Å². The molecule has 0 aliphatic heterocycles. The van der Waals surface area contributed by atoms with Gasteiger partial charge in [0.05, 0.1) is 0 Å². The molecule has 0 aliphatic carbocycles. The third kappa shape index (κ3) is 2.66. The van der Waals surface area contributed by atoms with E-state index in [-0.39, 0.29) is 5.69 Å². The summed E-state index contributed by atoms with van der Waals surface area (Å²) >= 11 is 0. The van der Waals surface area contributed by atoms with Crippen molar-refractivity contribution >= 4 is 0 Å². The van der Waals surface area contributed by atoms with Crippen LogP contribution in [0.5, 0.6) is 0 Å². The van der Waals surface area contributed by atoms with Crippen LogP contribution in [0.2, 0.25) is 0 Å². The number of hydrogen-bond acceptors (Lipinski definition) is 3. The van der Waals surface area contributed by atoms with Gasteiger partial charge in [0.1, 0.15) is 0 Å². The van der Waals surface area contributed by atoms with Gasteiger partial charge in [-0.05, 0) is 24.9 Å². The highest BCUT2D eigenvalue weighted by molar-refractivity contribution is 4.99. The zero-order valence-electron chi connectivity index (χ0n) is 8.03. The summed E-state index contributed by atoms with van der Waals surface area (Å²) in [5.74, 6) is 0.307. The zero-order chi connectivity index (χ0) is 9.84. The Morgan fingerprint density at radius 2 is 2.38 bits per heavy atom. The second kappa shape index (κ2) is 4.18. The van der Waals surface area contributed by atoms with Crippen LogP contribution in [0.1, 0.15) is 12.5 Å². The summed E-state index contributed by atoms with van der Waals surface area (Å²) in [6.07, 6.45) is 3.38. The first-order valence-corrected chi connectivity index (χ1v) is 4.36. The van der Waals surface area contributed by atoms with Gasteiger partial charge in [0.15, 0.2) is 0 Å². The van der Waals surface area contributed by atoms with Crippen LogP contribution in [0.3, 0.4) is 0 Å². The molecule has 0 amide bonds. The Morgan fingerprint density at radius 1 is 1.69 bits per heavy atom. The molecule has 72 valence electrons. The lowest BCUT2D eigenvalue weighted by atomic mass is 10.2. The molecule has 0 bridgehead atoms. The summed E-state index contributed by atoms with van der Waals surface area (Å²) in [6.45, 7) is 5.15. The van der Waals surface area contributed by atoms with Crippen molar-refractivity contribution in [3.8, 4) is 0 Å². The SMILES string of the molecule is Cc1cnc(=O)n(CC(C)CN)c1. The number of aryl methyl sites for hydroxylation is 1. The van der Waals surface area contributed by atoms with Gasteiger partial charge in [0.2, 0.25) is 0 Å². The number of rotatable bonds is 3. The third-order valence-electron chi connectivity index (χ3n) is 1.89. The topological polar surface area (TPSA) is 60.9 Å². The van der Waals surface area contributed by atoms with Crippen LogP contribution >= 0.6 is 0 Å². The van der Waals surface area contributed by atoms with Gasteiger partial charge in [-0.3, -0.25) is 4.57 Å². The van der Waals surface area contributed by atoms with Crippen LogP contribution in [0.15, 0.2) is 17.2 Å². The van der Waals surface area contributed by atoms with Crippen molar-refractivity contribution in [1.29, 1.82) is 0 Å². The number of nitrogens with two attached hydrogens (primary N) is 1. The molecular formula is C9H15N3O. The van der Waals surface area contributed by atoms with Crippen LogP contribution in [-0.4, -0.2) is 16.1 Å². The van der Waals surface area contributed by atoms with E-state index in [1.165, 1.54) is 0 Å². The second-order valence-electron chi connectivity index (χ2n) is 3.41. The minimum atomic E-state index is -0.203. The summed E-state index contributed by atoms with van der Waals surface area (Å²) in [4.78, 5) is 15.0. The van der Waals surface area contributed by atoms with Crippen LogP contribution in [0, 0.1) is 12.8 Å². The average molecular weight is 181 g/mol. The lowest BCUT2D eigenvalue weighted by Gasteiger charge is -2.10. The predicted octanol–water partition coefficient (Wildman–Crippen LogP) is 0.147. The first kappa shape index (κ1) is 9.92. The van der Waals surface area contributed by atoms with Crippen molar-refractivity contribution < 1.29 is 0 Å². The number of nitrogens with zero attached hydrogens (tertiary/aromatic N) is 2. The molecule has 1 heterocycles. The van der Waals surface area contributed by atoms with E-state index in [0.717, 1.165) is 5.56 Å². The number of aromatic nitrogens is 2. The summed E-state index contributed by atoms with van der Waals surface area (Å²) in [7, 11) is 0. The summed E-state index contributed by atoms with van der Waals surface area (Å²) in [5.41, 5.74) is 6.26. The van der Waals surface area contributed by atoms with E-state index in [0.29, 0.717) is 19.0 Å². The molecule has 4 heteroatoms. The average Bonchev–Trinajstić information content (AvgIpc) is 2.11. The Kier molecular flexibility index (Phi) is 3.19. The zero-order valence-corrected chi connectivity index (χ0v) is 8.03. The van der Waals surface area contributed by atoms with Crippen LogP contribution in [0.4, 0.5) is 0 Å². The minimum Gasteiger partial charge on any atom is -0.330 e. The highest BCUT2D eigenvalue weighted by Crippen LogP contribution is 1.96. The standard InChI is InChI=1S/C9H15N3O/c1-7(3-10)5-12-6-8(2)4-11-9(12)13/h4,6-7H,3,5,10H2,1-2H3. The molecule has 1 aromatic heterocycles. The van der Waals surface area contributed by atoms with Crippen molar-refractivity contribution in [2.24, 2.45) is 11.7 Å². The van der Waals surface area contributed by atoms with Gasteiger partial charge >= 0.3 is 5.69 Å².